The number of halogens is 1. The normalized spacial score (nSPS) is 10.7. The minimum Gasteiger partial charge on any atom is -0.397 e. The highest BCUT2D eigenvalue weighted by Crippen LogP contribution is 2.24. The second-order valence-electron chi connectivity index (χ2n) is 4.01. The molecule has 18 heavy (non-hydrogen) atoms. The van der Waals surface area contributed by atoms with E-state index >= 15 is 0 Å². The molecule has 0 aliphatic carbocycles. The van der Waals surface area contributed by atoms with Crippen LogP contribution in [0.25, 0.3) is 22.2 Å². The summed E-state index contributed by atoms with van der Waals surface area (Å²) >= 11 is 0. The molecule has 88 valence electrons. The van der Waals surface area contributed by atoms with Gasteiger partial charge in [0.1, 0.15) is 5.82 Å². The summed E-state index contributed by atoms with van der Waals surface area (Å²) in [5, 5.41) is 0.961. The van der Waals surface area contributed by atoms with Crippen molar-refractivity contribution >= 4 is 16.6 Å². The second-order valence-corrected chi connectivity index (χ2v) is 4.01. The number of hydrogen-bond donors (Lipinski definition) is 1. The van der Waals surface area contributed by atoms with Crippen LogP contribution >= 0.6 is 0 Å². The fraction of sp³-hybridized carbons (Fsp3) is 0. The Morgan fingerprint density at radius 3 is 2.78 bits per heavy atom. The van der Waals surface area contributed by atoms with Crippen molar-refractivity contribution in [1.29, 1.82) is 0 Å². The molecule has 0 saturated heterocycles. The molecule has 3 rings (SSSR count). The standard InChI is InChI=1S/C14H10FN3/c15-11-6-10(7-17-8-11)13-5-4-9-2-1-3-12(16)14(9)18-13/h1-8H,16H2. The van der Waals surface area contributed by atoms with Gasteiger partial charge < -0.3 is 5.73 Å². The lowest BCUT2D eigenvalue weighted by Gasteiger charge is -2.05. The zero-order chi connectivity index (χ0) is 12.5. The maximum Gasteiger partial charge on any atom is 0.142 e. The highest BCUT2D eigenvalue weighted by molar-refractivity contribution is 5.90. The number of nitrogens with zero attached hydrogens (tertiary/aromatic N) is 2. The number of aromatic nitrogens is 2. The third kappa shape index (κ3) is 1.78. The van der Waals surface area contributed by atoms with Crippen LogP contribution in [-0.2, 0) is 0 Å². The van der Waals surface area contributed by atoms with Crippen molar-refractivity contribution in [2.75, 3.05) is 5.73 Å². The van der Waals surface area contributed by atoms with E-state index in [1.165, 1.54) is 12.3 Å². The number of benzene rings is 1. The minimum absolute atomic E-state index is 0.379. The van der Waals surface area contributed by atoms with Crippen LogP contribution in [0.4, 0.5) is 10.1 Å². The van der Waals surface area contributed by atoms with E-state index in [9.17, 15) is 4.39 Å². The number of pyridine rings is 2. The third-order valence-electron chi connectivity index (χ3n) is 2.75. The van der Waals surface area contributed by atoms with Crippen molar-refractivity contribution in [1.82, 2.24) is 9.97 Å². The van der Waals surface area contributed by atoms with Crippen molar-refractivity contribution in [3.63, 3.8) is 0 Å². The number of hydrogen-bond acceptors (Lipinski definition) is 3. The molecular formula is C14H10FN3. The molecule has 3 nitrogen and oxygen atoms in total. The fourth-order valence-corrected chi connectivity index (χ4v) is 1.88. The largest absolute Gasteiger partial charge is 0.397 e. The number of anilines is 1. The van der Waals surface area contributed by atoms with Gasteiger partial charge in [0.15, 0.2) is 0 Å². The lowest BCUT2D eigenvalue weighted by Crippen LogP contribution is -1.92. The maximum absolute atomic E-state index is 13.1. The van der Waals surface area contributed by atoms with Gasteiger partial charge in [-0.05, 0) is 18.2 Å². The first-order valence-electron chi connectivity index (χ1n) is 5.50. The van der Waals surface area contributed by atoms with E-state index in [-0.39, 0.29) is 5.82 Å². The van der Waals surface area contributed by atoms with Crippen LogP contribution in [0.5, 0.6) is 0 Å². The number of nitrogens with two attached hydrogens (primary N) is 1. The molecule has 3 aromatic rings. The topological polar surface area (TPSA) is 51.8 Å². The number of rotatable bonds is 1. The molecule has 0 atom stereocenters. The second kappa shape index (κ2) is 4.07. The van der Waals surface area contributed by atoms with E-state index in [0.717, 1.165) is 10.9 Å². The number of nitrogen functional groups attached to an aromatic ring is 1. The first kappa shape index (κ1) is 10.7. The highest BCUT2D eigenvalue weighted by Gasteiger charge is 2.04. The van der Waals surface area contributed by atoms with Gasteiger partial charge in [0.05, 0.1) is 23.1 Å². The Labute approximate surface area is 103 Å². The molecule has 0 amide bonds. The Kier molecular flexibility index (Phi) is 2.41. The Hall–Kier alpha value is -2.49. The Morgan fingerprint density at radius 2 is 1.94 bits per heavy atom. The molecule has 0 fully saturated rings. The molecule has 0 aliphatic rings. The van der Waals surface area contributed by atoms with Gasteiger partial charge in [-0.1, -0.05) is 18.2 Å². The SMILES string of the molecule is Nc1cccc2ccc(-c3cncc(F)c3)nc12. The summed E-state index contributed by atoms with van der Waals surface area (Å²) < 4.78 is 13.1. The Morgan fingerprint density at radius 1 is 1.06 bits per heavy atom. The molecule has 0 saturated carbocycles. The van der Waals surface area contributed by atoms with Crippen LogP contribution in [0.3, 0.4) is 0 Å². The van der Waals surface area contributed by atoms with E-state index in [1.54, 1.807) is 12.3 Å². The van der Waals surface area contributed by atoms with E-state index in [1.807, 2.05) is 24.3 Å². The van der Waals surface area contributed by atoms with Gasteiger partial charge in [0, 0.05) is 17.1 Å². The zero-order valence-electron chi connectivity index (χ0n) is 9.47. The average molecular weight is 239 g/mol. The molecule has 0 bridgehead atoms. The summed E-state index contributed by atoms with van der Waals surface area (Å²) in [7, 11) is 0. The summed E-state index contributed by atoms with van der Waals surface area (Å²) in [6, 6.07) is 10.8. The van der Waals surface area contributed by atoms with E-state index in [2.05, 4.69) is 9.97 Å². The van der Waals surface area contributed by atoms with Gasteiger partial charge >= 0.3 is 0 Å². The monoisotopic (exact) mass is 239 g/mol. The third-order valence-corrected chi connectivity index (χ3v) is 2.75. The summed E-state index contributed by atoms with van der Waals surface area (Å²) in [5.74, 6) is -0.379. The predicted octanol–water partition coefficient (Wildman–Crippen LogP) is 3.02. The van der Waals surface area contributed by atoms with Gasteiger partial charge in [0.25, 0.3) is 0 Å². The highest BCUT2D eigenvalue weighted by atomic mass is 19.1. The zero-order valence-corrected chi connectivity index (χ0v) is 9.47. The minimum atomic E-state index is -0.379. The first-order valence-corrected chi connectivity index (χ1v) is 5.50. The quantitative estimate of drug-likeness (QED) is 0.664. The molecule has 0 aliphatic heterocycles. The van der Waals surface area contributed by atoms with Crippen LogP contribution in [0, 0.1) is 5.82 Å². The molecular weight excluding hydrogens is 229 g/mol. The van der Waals surface area contributed by atoms with Crippen LogP contribution < -0.4 is 5.73 Å². The van der Waals surface area contributed by atoms with Crippen LogP contribution in [0.2, 0.25) is 0 Å². The van der Waals surface area contributed by atoms with Crippen LogP contribution in [-0.4, -0.2) is 9.97 Å². The summed E-state index contributed by atoms with van der Waals surface area (Å²) in [5.41, 5.74) is 8.51. The summed E-state index contributed by atoms with van der Waals surface area (Å²) in [6.45, 7) is 0. The number of para-hydroxylation sites is 1. The lowest BCUT2D eigenvalue weighted by molar-refractivity contribution is 0.622. The van der Waals surface area contributed by atoms with Crippen molar-refractivity contribution in [2.24, 2.45) is 0 Å². The van der Waals surface area contributed by atoms with Gasteiger partial charge in [0.2, 0.25) is 0 Å². The lowest BCUT2D eigenvalue weighted by atomic mass is 10.1. The first-order chi connectivity index (χ1) is 8.74. The fourth-order valence-electron chi connectivity index (χ4n) is 1.88. The number of fused-ring (bicyclic) bond motifs is 1. The van der Waals surface area contributed by atoms with Crippen LogP contribution in [0.15, 0.2) is 48.8 Å². The molecule has 4 heteroatoms. The maximum atomic E-state index is 13.1. The molecule has 1 aromatic carbocycles. The van der Waals surface area contributed by atoms with Crippen molar-refractivity contribution in [3.8, 4) is 11.3 Å². The molecule has 2 N–H and O–H groups in total. The van der Waals surface area contributed by atoms with Crippen molar-refractivity contribution in [2.45, 2.75) is 0 Å². The van der Waals surface area contributed by atoms with E-state index in [4.69, 9.17) is 5.73 Å². The summed E-state index contributed by atoms with van der Waals surface area (Å²) in [6.07, 6.45) is 2.75. The van der Waals surface area contributed by atoms with Crippen molar-refractivity contribution < 1.29 is 4.39 Å². The molecule has 0 unspecified atom stereocenters. The van der Waals surface area contributed by atoms with Crippen molar-refractivity contribution in [3.05, 3.63) is 54.6 Å². The van der Waals surface area contributed by atoms with E-state index in [0.29, 0.717) is 16.9 Å². The average Bonchev–Trinajstić information content (AvgIpc) is 2.39. The van der Waals surface area contributed by atoms with Gasteiger partial charge in [-0.3, -0.25) is 4.98 Å². The molecule has 2 aromatic heterocycles. The predicted molar refractivity (Wildman–Crippen MR) is 69.3 cm³/mol. The Bertz CT molecular complexity index is 725. The molecule has 0 radical (unpaired) electrons. The smallest absolute Gasteiger partial charge is 0.142 e. The van der Waals surface area contributed by atoms with Crippen LogP contribution in [0.1, 0.15) is 0 Å². The van der Waals surface area contributed by atoms with Gasteiger partial charge in [-0.2, -0.15) is 0 Å². The van der Waals surface area contributed by atoms with Gasteiger partial charge in [-0.25, -0.2) is 9.37 Å². The molecule has 2 heterocycles. The Balaban J connectivity index is 2.22. The molecule has 0 spiro atoms. The van der Waals surface area contributed by atoms with Gasteiger partial charge in [-0.15, -0.1) is 0 Å². The summed E-state index contributed by atoms with van der Waals surface area (Å²) in [4.78, 5) is 8.27. The van der Waals surface area contributed by atoms with E-state index < -0.39 is 0 Å².